The van der Waals surface area contributed by atoms with E-state index in [1.807, 2.05) is 0 Å². The summed E-state index contributed by atoms with van der Waals surface area (Å²) in [5.74, 6) is -0.749. The quantitative estimate of drug-likeness (QED) is 0.621. The number of methoxy groups -OCH3 is 1. The van der Waals surface area contributed by atoms with Crippen LogP contribution in [0, 0.1) is 0 Å². The van der Waals surface area contributed by atoms with Crippen molar-refractivity contribution in [2.24, 2.45) is 4.99 Å². The van der Waals surface area contributed by atoms with Gasteiger partial charge < -0.3 is 9.30 Å². The van der Waals surface area contributed by atoms with Crippen LogP contribution in [0.15, 0.2) is 47.5 Å². The zero-order valence-corrected chi connectivity index (χ0v) is 16.5. The molecule has 1 heterocycles. The number of hydrogen-bond donors (Lipinski definition) is 0. The molecule has 0 aliphatic heterocycles. The molecule has 1 aromatic heterocycles. The van der Waals surface area contributed by atoms with Gasteiger partial charge >= 0.3 is 5.97 Å². The van der Waals surface area contributed by atoms with Gasteiger partial charge in [-0.2, -0.15) is 4.99 Å². The lowest BCUT2D eigenvalue weighted by Gasteiger charge is -2.03. The SMILES string of the molecule is CCCn1c(=NC(=O)c2ccc(C(=O)OC)cc2)sc2cc(CC)ccc21. The molecule has 0 radical (unpaired) electrons. The fourth-order valence-electron chi connectivity index (χ4n) is 2.88. The molecule has 0 aliphatic rings. The van der Waals surface area contributed by atoms with E-state index >= 15 is 0 Å². The van der Waals surface area contributed by atoms with Crippen LogP contribution in [0.1, 0.15) is 46.5 Å². The van der Waals surface area contributed by atoms with Crippen LogP contribution in [-0.4, -0.2) is 23.6 Å². The molecule has 0 saturated carbocycles. The third kappa shape index (κ3) is 4.01. The number of aromatic nitrogens is 1. The second-order valence-electron chi connectivity index (χ2n) is 6.18. The van der Waals surface area contributed by atoms with Crippen LogP contribution in [0.25, 0.3) is 10.2 Å². The first-order valence-corrected chi connectivity index (χ1v) is 9.78. The summed E-state index contributed by atoms with van der Waals surface area (Å²) in [7, 11) is 1.33. The van der Waals surface area contributed by atoms with Crippen molar-refractivity contribution in [2.45, 2.75) is 33.2 Å². The predicted octanol–water partition coefficient (Wildman–Crippen LogP) is 4.20. The normalized spacial score (nSPS) is 11.7. The molecule has 0 fully saturated rings. The molecule has 6 heteroatoms. The molecule has 5 nitrogen and oxygen atoms in total. The minimum Gasteiger partial charge on any atom is -0.465 e. The van der Waals surface area contributed by atoms with E-state index in [4.69, 9.17) is 0 Å². The number of ether oxygens (including phenoxy) is 1. The molecule has 0 aliphatic carbocycles. The first-order chi connectivity index (χ1) is 13.1. The van der Waals surface area contributed by atoms with Crippen molar-refractivity contribution in [2.75, 3.05) is 7.11 Å². The number of carbonyl (C=O) groups excluding carboxylic acids is 2. The Labute approximate surface area is 161 Å². The molecule has 3 rings (SSSR count). The number of aryl methyl sites for hydroxylation is 2. The molecular formula is C21H22N2O3S. The highest BCUT2D eigenvalue weighted by Gasteiger charge is 2.11. The number of rotatable bonds is 5. The van der Waals surface area contributed by atoms with Crippen LogP contribution in [0.5, 0.6) is 0 Å². The van der Waals surface area contributed by atoms with E-state index in [1.54, 1.807) is 24.3 Å². The van der Waals surface area contributed by atoms with Gasteiger partial charge in [0.2, 0.25) is 0 Å². The number of fused-ring (bicyclic) bond motifs is 1. The van der Waals surface area contributed by atoms with Crippen molar-refractivity contribution in [1.82, 2.24) is 4.57 Å². The Kier molecular flexibility index (Phi) is 5.86. The van der Waals surface area contributed by atoms with Gasteiger partial charge in [-0.1, -0.05) is 31.3 Å². The van der Waals surface area contributed by atoms with Crippen molar-refractivity contribution in [1.29, 1.82) is 0 Å². The number of esters is 1. The first kappa shape index (κ1) is 19.0. The molecule has 0 N–H and O–H groups in total. The van der Waals surface area contributed by atoms with E-state index in [0.29, 0.717) is 15.9 Å². The minimum absolute atomic E-state index is 0.321. The Balaban J connectivity index is 2.02. The number of thiazole rings is 1. The summed E-state index contributed by atoms with van der Waals surface area (Å²) in [4.78, 5) is 29.2. The Bertz CT molecular complexity index is 1050. The maximum Gasteiger partial charge on any atom is 0.337 e. The number of carbonyl (C=O) groups is 2. The molecule has 0 bridgehead atoms. The number of nitrogens with zero attached hydrogens (tertiary/aromatic N) is 2. The maximum atomic E-state index is 12.6. The fraction of sp³-hybridized carbons (Fsp3) is 0.286. The standard InChI is InChI=1S/C21H22N2O3S/c1-4-12-23-17-11-6-14(5-2)13-18(17)27-21(23)22-19(24)15-7-9-16(10-8-15)20(25)26-3/h6-11,13H,4-5,12H2,1-3H3. The van der Waals surface area contributed by atoms with Crippen molar-refractivity contribution in [3.05, 3.63) is 64.0 Å². The van der Waals surface area contributed by atoms with Crippen LogP contribution in [0.4, 0.5) is 0 Å². The lowest BCUT2D eigenvalue weighted by molar-refractivity contribution is 0.0600. The summed E-state index contributed by atoms with van der Waals surface area (Å²) in [5, 5.41) is 0. The van der Waals surface area contributed by atoms with E-state index in [2.05, 4.69) is 46.3 Å². The Morgan fingerprint density at radius 3 is 2.41 bits per heavy atom. The van der Waals surface area contributed by atoms with Gasteiger partial charge in [0, 0.05) is 12.1 Å². The lowest BCUT2D eigenvalue weighted by Crippen LogP contribution is -2.16. The van der Waals surface area contributed by atoms with Gasteiger partial charge in [0.1, 0.15) is 0 Å². The molecule has 2 aromatic carbocycles. The summed E-state index contributed by atoms with van der Waals surface area (Å²) in [6.45, 7) is 5.04. The molecule has 0 spiro atoms. The van der Waals surface area contributed by atoms with Crippen molar-refractivity contribution in [3.63, 3.8) is 0 Å². The highest BCUT2D eigenvalue weighted by molar-refractivity contribution is 7.16. The van der Waals surface area contributed by atoms with E-state index in [0.717, 1.165) is 29.6 Å². The fourth-order valence-corrected chi connectivity index (χ4v) is 4.00. The predicted molar refractivity (Wildman–Crippen MR) is 107 cm³/mol. The smallest absolute Gasteiger partial charge is 0.337 e. The maximum absolute atomic E-state index is 12.6. The summed E-state index contributed by atoms with van der Waals surface area (Å²) in [5.41, 5.74) is 3.22. The Morgan fingerprint density at radius 1 is 1.07 bits per heavy atom. The zero-order chi connectivity index (χ0) is 19.4. The van der Waals surface area contributed by atoms with Crippen molar-refractivity contribution >= 4 is 33.4 Å². The third-order valence-electron chi connectivity index (χ3n) is 4.35. The monoisotopic (exact) mass is 382 g/mol. The van der Waals surface area contributed by atoms with E-state index in [1.165, 1.54) is 24.0 Å². The number of amides is 1. The molecule has 0 atom stereocenters. The first-order valence-electron chi connectivity index (χ1n) is 8.97. The van der Waals surface area contributed by atoms with Gasteiger partial charge in [-0.15, -0.1) is 0 Å². The Morgan fingerprint density at radius 2 is 1.78 bits per heavy atom. The molecule has 0 saturated heterocycles. The summed E-state index contributed by atoms with van der Waals surface area (Å²) >= 11 is 1.53. The van der Waals surface area contributed by atoms with Crippen LogP contribution in [-0.2, 0) is 17.7 Å². The van der Waals surface area contributed by atoms with E-state index < -0.39 is 5.97 Å². The zero-order valence-electron chi connectivity index (χ0n) is 15.7. The van der Waals surface area contributed by atoms with Crippen LogP contribution >= 0.6 is 11.3 Å². The topological polar surface area (TPSA) is 60.7 Å². The molecule has 140 valence electrons. The van der Waals surface area contributed by atoms with Crippen LogP contribution in [0.3, 0.4) is 0 Å². The second-order valence-corrected chi connectivity index (χ2v) is 7.19. The summed E-state index contributed by atoms with van der Waals surface area (Å²) in [6, 6.07) is 12.8. The Hall–Kier alpha value is -2.73. The molecule has 1 amide bonds. The average Bonchev–Trinajstić information content (AvgIpc) is 3.03. The van der Waals surface area contributed by atoms with Crippen LogP contribution in [0.2, 0.25) is 0 Å². The van der Waals surface area contributed by atoms with E-state index in [-0.39, 0.29) is 5.91 Å². The van der Waals surface area contributed by atoms with Crippen molar-refractivity contribution < 1.29 is 14.3 Å². The average molecular weight is 382 g/mol. The number of benzene rings is 2. The van der Waals surface area contributed by atoms with Gasteiger partial charge in [-0.25, -0.2) is 4.79 Å². The highest BCUT2D eigenvalue weighted by Crippen LogP contribution is 2.20. The summed E-state index contributed by atoms with van der Waals surface area (Å²) < 4.78 is 7.91. The lowest BCUT2D eigenvalue weighted by atomic mass is 10.1. The van der Waals surface area contributed by atoms with Gasteiger partial charge in [0.25, 0.3) is 5.91 Å². The van der Waals surface area contributed by atoms with E-state index in [9.17, 15) is 9.59 Å². The molecular weight excluding hydrogens is 360 g/mol. The number of hydrogen-bond acceptors (Lipinski definition) is 4. The highest BCUT2D eigenvalue weighted by atomic mass is 32.1. The largest absolute Gasteiger partial charge is 0.465 e. The minimum atomic E-state index is -0.428. The molecule has 0 unspecified atom stereocenters. The third-order valence-corrected chi connectivity index (χ3v) is 5.39. The summed E-state index contributed by atoms with van der Waals surface area (Å²) in [6.07, 6.45) is 1.93. The van der Waals surface area contributed by atoms with Gasteiger partial charge in [-0.3, -0.25) is 4.79 Å². The van der Waals surface area contributed by atoms with Gasteiger partial charge in [0.05, 0.1) is 22.9 Å². The van der Waals surface area contributed by atoms with Gasteiger partial charge in [-0.05, 0) is 54.8 Å². The molecule has 27 heavy (non-hydrogen) atoms. The van der Waals surface area contributed by atoms with Crippen molar-refractivity contribution in [3.8, 4) is 0 Å². The molecule has 3 aromatic rings. The van der Waals surface area contributed by atoms with Gasteiger partial charge in [0.15, 0.2) is 4.80 Å². The second kappa shape index (κ2) is 8.31. The van der Waals surface area contributed by atoms with Crippen LogP contribution < -0.4 is 4.80 Å².